The minimum absolute atomic E-state index is 0.126. The van der Waals surface area contributed by atoms with Crippen LogP contribution in [-0.4, -0.2) is 93.3 Å². The summed E-state index contributed by atoms with van der Waals surface area (Å²) in [6.07, 6.45) is 10.5. The summed E-state index contributed by atoms with van der Waals surface area (Å²) in [5.41, 5.74) is 2.22. The van der Waals surface area contributed by atoms with E-state index >= 15 is 0 Å². The topological polar surface area (TPSA) is 106 Å². The Morgan fingerprint density at radius 3 is 2.40 bits per heavy atom. The second kappa shape index (κ2) is 13.6. The summed E-state index contributed by atoms with van der Waals surface area (Å²) in [6, 6.07) is 18.3. The third kappa shape index (κ3) is 6.41. The Kier molecular flexibility index (Phi) is 9.31. The molecule has 47 heavy (non-hydrogen) atoms. The number of nitrogens with one attached hydrogen (secondary N) is 1. The largest absolute Gasteiger partial charge is 0.446 e. The van der Waals surface area contributed by atoms with Crippen molar-refractivity contribution in [1.29, 1.82) is 0 Å². The lowest BCUT2D eigenvalue weighted by atomic mass is 9.58. The number of anilines is 1. The average Bonchev–Trinajstić information content (AvgIpc) is 3.74. The van der Waals surface area contributed by atoms with Gasteiger partial charge in [0.15, 0.2) is 9.84 Å². The predicted octanol–water partition coefficient (Wildman–Crippen LogP) is 4.37. The highest BCUT2D eigenvalue weighted by atomic mass is 32.2. The average molecular weight is 662 g/mol. The molecule has 1 N–H and O–H groups in total. The number of sulfone groups is 1. The molecule has 0 bridgehead atoms. The van der Waals surface area contributed by atoms with E-state index in [0.29, 0.717) is 29.9 Å². The normalized spacial score (nSPS) is 24.3. The molecule has 1 aromatic heterocycles. The number of aromatic nitrogens is 2. The second-order valence-electron chi connectivity index (χ2n) is 13.9. The summed E-state index contributed by atoms with van der Waals surface area (Å²) in [5, 5.41) is 2.27. The van der Waals surface area contributed by atoms with Gasteiger partial charge in [-0.15, -0.1) is 0 Å². The number of hydrogen-bond acceptors (Lipinski definition) is 8. The fourth-order valence-corrected chi connectivity index (χ4v) is 10.1. The fraction of sp³-hybridized carbons (Fsp3) is 0.556. The van der Waals surface area contributed by atoms with Crippen LogP contribution in [0.2, 0.25) is 0 Å². The van der Waals surface area contributed by atoms with Gasteiger partial charge in [-0.3, -0.25) is 0 Å². The number of piperidine rings is 1. The Hall–Kier alpha value is -3.41. The summed E-state index contributed by atoms with van der Waals surface area (Å²) in [6.45, 7) is 6.53. The molecule has 3 aromatic rings. The Balaban J connectivity index is 1.02. The van der Waals surface area contributed by atoms with Crippen molar-refractivity contribution in [3.05, 3.63) is 78.9 Å². The van der Waals surface area contributed by atoms with Gasteiger partial charge in [0.05, 0.1) is 24.4 Å². The van der Waals surface area contributed by atoms with Gasteiger partial charge < -0.3 is 29.2 Å². The first-order valence-corrected chi connectivity index (χ1v) is 18.7. The first-order chi connectivity index (χ1) is 22.9. The summed E-state index contributed by atoms with van der Waals surface area (Å²) in [7, 11) is -1.67. The van der Waals surface area contributed by atoms with Crippen LogP contribution in [0, 0.1) is 17.8 Å². The zero-order chi connectivity index (χ0) is 32.4. The van der Waals surface area contributed by atoms with Gasteiger partial charge in [-0.2, -0.15) is 0 Å². The first-order valence-electron chi connectivity index (χ1n) is 17.2. The number of carbonyl (C=O) groups is 1. The van der Waals surface area contributed by atoms with E-state index in [1.165, 1.54) is 5.56 Å². The van der Waals surface area contributed by atoms with Gasteiger partial charge in [0.1, 0.15) is 11.4 Å². The fourth-order valence-electron chi connectivity index (χ4n) is 8.70. The predicted molar refractivity (Wildman–Crippen MR) is 180 cm³/mol. The minimum atomic E-state index is -3.31. The number of ether oxygens (including phenoxy) is 2. The maximum Gasteiger partial charge on any atom is 0.407 e. The highest BCUT2D eigenvalue weighted by Gasteiger charge is 2.53. The van der Waals surface area contributed by atoms with Crippen LogP contribution in [0.25, 0.3) is 0 Å². The minimum Gasteiger partial charge on any atom is -0.446 e. The van der Waals surface area contributed by atoms with E-state index in [1.54, 1.807) is 19.2 Å². The van der Waals surface area contributed by atoms with E-state index in [9.17, 15) is 13.2 Å². The molecule has 3 atom stereocenters. The Labute approximate surface area is 278 Å². The van der Waals surface area contributed by atoms with Gasteiger partial charge in [0.2, 0.25) is 0 Å². The molecule has 4 aliphatic rings. The van der Waals surface area contributed by atoms with Crippen molar-refractivity contribution < 1.29 is 22.7 Å². The second-order valence-corrected chi connectivity index (χ2v) is 16.1. The summed E-state index contributed by atoms with van der Waals surface area (Å²) < 4.78 is 38.8. The third-order valence-electron chi connectivity index (χ3n) is 11.3. The van der Waals surface area contributed by atoms with Crippen molar-refractivity contribution in [3.63, 3.8) is 0 Å². The van der Waals surface area contributed by atoms with E-state index in [4.69, 9.17) is 9.47 Å². The SMILES string of the molecule is CNC(=O)OC1CCCC1C(Cn1ccnc1)(c1ccccc1)C1CCN(CC2CN(c3ccc(S(=O)(=O)C4COC4)cc3)C2)CC1. The molecular weight excluding hydrogens is 614 g/mol. The van der Waals surface area contributed by atoms with E-state index in [-0.39, 0.29) is 23.5 Å². The maximum atomic E-state index is 12.7. The van der Waals surface area contributed by atoms with Crippen molar-refractivity contribution in [1.82, 2.24) is 19.8 Å². The van der Waals surface area contributed by atoms with Crippen LogP contribution in [0.5, 0.6) is 0 Å². The number of likely N-dealkylation sites (tertiary alicyclic amines) is 1. The number of alkyl carbamates (subject to hydrolysis) is 1. The number of imidazole rings is 1. The number of rotatable bonds is 11. The molecule has 1 amide bonds. The highest BCUT2D eigenvalue weighted by molar-refractivity contribution is 7.92. The van der Waals surface area contributed by atoms with Gasteiger partial charge in [-0.25, -0.2) is 18.2 Å². The Bertz CT molecular complexity index is 1580. The van der Waals surface area contributed by atoms with Gasteiger partial charge in [-0.1, -0.05) is 30.3 Å². The van der Waals surface area contributed by atoms with Crippen molar-refractivity contribution in [3.8, 4) is 0 Å². The van der Waals surface area contributed by atoms with Crippen molar-refractivity contribution >= 4 is 21.6 Å². The lowest BCUT2D eigenvalue weighted by molar-refractivity contribution is 0.00203. The molecular formula is C36H47N5O5S. The monoisotopic (exact) mass is 661 g/mol. The summed E-state index contributed by atoms with van der Waals surface area (Å²) in [5.74, 6) is 1.23. The number of carbonyl (C=O) groups excluding carboxylic acids is 1. The molecule has 3 aliphatic heterocycles. The number of nitrogens with zero attached hydrogens (tertiary/aromatic N) is 4. The first kappa shape index (κ1) is 32.2. The van der Waals surface area contributed by atoms with Crippen LogP contribution in [-0.2, 0) is 31.3 Å². The number of benzene rings is 2. The number of amides is 1. The van der Waals surface area contributed by atoms with Gasteiger partial charge in [-0.05, 0) is 80.9 Å². The molecule has 10 nitrogen and oxygen atoms in total. The molecule has 1 saturated carbocycles. The Morgan fingerprint density at radius 2 is 1.77 bits per heavy atom. The van der Waals surface area contributed by atoms with E-state index in [0.717, 1.165) is 77.1 Å². The lowest BCUT2D eigenvalue weighted by Crippen LogP contribution is -2.55. The molecule has 252 valence electrons. The van der Waals surface area contributed by atoms with Gasteiger partial charge in [0, 0.05) is 68.6 Å². The standard InChI is InChI=1S/C36H47N5O5S/c1-37-35(42)46-34-9-5-8-33(34)36(25-40-19-16-38-26-40,28-6-3-2-4-7-28)29-14-17-39(18-15-29)20-27-21-41(22-27)30-10-12-31(13-11-30)47(43,44)32-23-45-24-32/h2-4,6-7,10-13,16,19,26-27,29,32-34H,5,8-9,14-15,17-18,20-25H2,1H3,(H,37,42). The van der Waals surface area contributed by atoms with E-state index in [2.05, 4.69) is 61.2 Å². The van der Waals surface area contributed by atoms with E-state index in [1.807, 2.05) is 24.7 Å². The summed E-state index contributed by atoms with van der Waals surface area (Å²) in [4.78, 5) is 22.2. The van der Waals surface area contributed by atoms with Crippen LogP contribution in [0.1, 0.15) is 37.7 Å². The molecule has 1 aliphatic carbocycles. The summed E-state index contributed by atoms with van der Waals surface area (Å²) >= 11 is 0. The molecule has 7 rings (SSSR count). The lowest BCUT2D eigenvalue weighted by Gasteiger charge is -2.51. The van der Waals surface area contributed by atoms with Gasteiger partial charge >= 0.3 is 6.09 Å². The van der Waals surface area contributed by atoms with E-state index < -0.39 is 15.1 Å². The quantitative estimate of drug-likeness (QED) is 0.323. The molecule has 4 heterocycles. The molecule has 3 saturated heterocycles. The van der Waals surface area contributed by atoms with Crippen molar-refractivity contribution in [2.45, 2.75) is 60.3 Å². The molecule has 4 fully saturated rings. The zero-order valence-corrected chi connectivity index (χ0v) is 28.1. The van der Waals surface area contributed by atoms with Crippen LogP contribution in [0.3, 0.4) is 0 Å². The highest BCUT2D eigenvalue weighted by Crippen LogP contribution is 2.52. The third-order valence-corrected chi connectivity index (χ3v) is 13.3. The maximum absolute atomic E-state index is 12.7. The van der Waals surface area contributed by atoms with Crippen LogP contribution < -0.4 is 10.2 Å². The Morgan fingerprint density at radius 1 is 1.02 bits per heavy atom. The van der Waals surface area contributed by atoms with Crippen molar-refractivity contribution in [2.75, 3.05) is 57.9 Å². The zero-order valence-electron chi connectivity index (χ0n) is 27.2. The smallest absolute Gasteiger partial charge is 0.407 e. The molecule has 3 unspecified atom stereocenters. The molecule has 0 radical (unpaired) electrons. The molecule has 2 aromatic carbocycles. The molecule has 0 spiro atoms. The van der Waals surface area contributed by atoms with Crippen LogP contribution in [0.4, 0.5) is 10.5 Å². The molecule has 11 heteroatoms. The van der Waals surface area contributed by atoms with Crippen LogP contribution >= 0.6 is 0 Å². The van der Waals surface area contributed by atoms with Crippen LogP contribution in [0.15, 0.2) is 78.2 Å². The van der Waals surface area contributed by atoms with Gasteiger partial charge in [0.25, 0.3) is 0 Å². The number of hydrogen-bond donors (Lipinski definition) is 1. The van der Waals surface area contributed by atoms with Crippen molar-refractivity contribution in [2.24, 2.45) is 17.8 Å².